The van der Waals surface area contributed by atoms with Gasteiger partial charge in [-0.2, -0.15) is 0 Å². The summed E-state index contributed by atoms with van der Waals surface area (Å²) in [4.78, 5) is 0. The second-order valence-electron chi connectivity index (χ2n) is 8.31. The summed E-state index contributed by atoms with van der Waals surface area (Å²) >= 11 is 5.56. The lowest BCUT2D eigenvalue weighted by Crippen LogP contribution is -2.47. The number of aliphatic hydroxyl groups is 4. The maximum atomic E-state index is 13.9. The fourth-order valence-corrected chi connectivity index (χ4v) is 4.03. The number of ether oxygens (including phenoxy) is 1. The number of methoxy groups -OCH3 is 1. The van der Waals surface area contributed by atoms with Crippen molar-refractivity contribution < 1.29 is 33.9 Å². The molecule has 5 nitrogen and oxygen atoms in total. The standard InChI is InChI=1S/C24H31ClF2O5/c1-12-7-15(16-8-19(26)21(25)20(27)9-16)5-6-17(12)18(11-29)24(32-4)23(31)22(30)14(3)13(2)10-28/h5-9,13-14,18,22-24,28-31H,10-11H2,1-4H3. The second kappa shape index (κ2) is 11.5. The van der Waals surface area contributed by atoms with E-state index >= 15 is 0 Å². The van der Waals surface area contributed by atoms with E-state index in [1.54, 1.807) is 39.0 Å². The molecule has 0 bridgehead atoms. The van der Waals surface area contributed by atoms with Gasteiger partial charge in [0, 0.05) is 19.6 Å². The number of rotatable bonds is 10. The van der Waals surface area contributed by atoms with Crippen LogP contribution < -0.4 is 0 Å². The molecule has 6 unspecified atom stereocenters. The first-order valence-electron chi connectivity index (χ1n) is 10.4. The Kier molecular flexibility index (Phi) is 9.57. The topological polar surface area (TPSA) is 90.2 Å². The summed E-state index contributed by atoms with van der Waals surface area (Å²) in [6.07, 6.45) is -3.44. The molecule has 4 N–H and O–H groups in total. The number of aryl methyl sites for hydroxylation is 1. The Morgan fingerprint density at radius 2 is 1.53 bits per heavy atom. The van der Waals surface area contributed by atoms with E-state index in [4.69, 9.17) is 16.3 Å². The first-order chi connectivity index (χ1) is 15.1. The summed E-state index contributed by atoms with van der Waals surface area (Å²) in [5.41, 5.74) is 2.23. The number of halogens is 3. The van der Waals surface area contributed by atoms with E-state index < -0.39 is 46.8 Å². The van der Waals surface area contributed by atoms with E-state index in [0.717, 1.165) is 12.1 Å². The Bertz CT molecular complexity index is 887. The summed E-state index contributed by atoms with van der Waals surface area (Å²) in [6.45, 7) is 4.75. The molecule has 6 atom stereocenters. The fourth-order valence-electron chi connectivity index (χ4n) is 3.92. The molecule has 0 saturated heterocycles. The van der Waals surface area contributed by atoms with E-state index in [1.807, 2.05) is 0 Å². The minimum Gasteiger partial charge on any atom is -0.396 e. The van der Waals surface area contributed by atoms with Crippen molar-refractivity contribution in [1.82, 2.24) is 0 Å². The first kappa shape index (κ1) is 26.6. The summed E-state index contributed by atoms with van der Waals surface area (Å²) < 4.78 is 33.2. The molecule has 0 aliphatic carbocycles. The second-order valence-corrected chi connectivity index (χ2v) is 8.69. The highest BCUT2D eigenvalue weighted by Gasteiger charge is 2.37. The molecule has 0 saturated carbocycles. The van der Waals surface area contributed by atoms with Crippen molar-refractivity contribution in [3.05, 3.63) is 58.1 Å². The van der Waals surface area contributed by atoms with Crippen molar-refractivity contribution in [2.45, 2.75) is 45.0 Å². The number of aliphatic hydroxyl groups excluding tert-OH is 4. The quantitative estimate of drug-likeness (QED) is 0.396. The summed E-state index contributed by atoms with van der Waals surface area (Å²) in [7, 11) is 1.38. The van der Waals surface area contributed by atoms with Crippen molar-refractivity contribution in [2.24, 2.45) is 11.8 Å². The van der Waals surface area contributed by atoms with Crippen molar-refractivity contribution in [2.75, 3.05) is 20.3 Å². The average Bonchev–Trinajstić information content (AvgIpc) is 2.78. The Labute approximate surface area is 192 Å². The Balaban J connectivity index is 2.37. The molecular weight excluding hydrogens is 442 g/mol. The lowest BCUT2D eigenvalue weighted by atomic mass is 9.81. The molecule has 0 radical (unpaired) electrons. The molecule has 0 aliphatic heterocycles. The fraction of sp³-hybridized carbons (Fsp3) is 0.500. The molecule has 0 spiro atoms. The normalized spacial score (nSPS) is 17.5. The third kappa shape index (κ3) is 5.65. The zero-order valence-electron chi connectivity index (χ0n) is 18.6. The van der Waals surface area contributed by atoms with Gasteiger partial charge in [0.1, 0.15) is 22.8 Å². The zero-order chi connectivity index (χ0) is 24.2. The Hall–Kier alpha value is -1.61. The Morgan fingerprint density at radius 1 is 0.938 bits per heavy atom. The third-order valence-corrected chi connectivity index (χ3v) is 6.62. The summed E-state index contributed by atoms with van der Waals surface area (Å²) in [6, 6.07) is 7.35. The van der Waals surface area contributed by atoms with Crippen LogP contribution in [0.4, 0.5) is 8.78 Å². The maximum absolute atomic E-state index is 13.9. The number of benzene rings is 2. The van der Waals surface area contributed by atoms with Gasteiger partial charge < -0.3 is 25.2 Å². The van der Waals surface area contributed by atoms with Crippen molar-refractivity contribution in [3.63, 3.8) is 0 Å². The third-order valence-electron chi connectivity index (χ3n) is 6.26. The highest BCUT2D eigenvalue weighted by molar-refractivity contribution is 6.31. The smallest absolute Gasteiger partial charge is 0.145 e. The molecule has 8 heteroatoms. The highest BCUT2D eigenvalue weighted by atomic mass is 35.5. The van der Waals surface area contributed by atoms with E-state index in [0.29, 0.717) is 22.3 Å². The van der Waals surface area contributed by atoms with E-state index in [9.17, 15) is 29.2 Å². The molecule has 0 heterocycles. The van der Waals surface area contributed by atoms with Crippen molar-refractivity contribution >= 4 is 11.6 Å². The number of hydrogen-bond donors (Lipinski definition) is 4. The molecule has 0 aromatic heterocycles. The lowest BCUT2D eigenvalue weighted by Gasteiger charge is -2.35. The van der Waals surface area contributed by atoms with Crippen LogP contribution in [0.15, 0.2) is 30.3 Å². The molecule has 178 valence electrons. The molecule has 0 aliphatic rings. The minimum absolute atomic E-state index is 0.140. The van der Waals surface area contributed by atoms with Gasteiger partial charge in [-0.25, -0.2) is 8.78 Å². The van der Waals surface area contributed by atoms with E-state index in [1.165, 1.54) is 7.11 Å². The molecule has 32 heavy (non-hydrogen) atoms. The van der Waals surface area contributed by atoms with Crippen LogP contribution in [0, 0.1) is 30.4 Å². The predicted octanol–water partition coefficient (Wildman–Crippen LogP) is 3.67. The van der Waals surface area contributed by atoms with Crippen molar-refractivity contribution in [1.29, 1.82) is 0 Å². The van der Waals surface area contributed by atoms with Crippen LogP contribution in [0.5, 0.6) is 0 Å². The lowest BCUT2D eigenvalue weighted by molar-refractivity contribution is -0.113. The molecule has 2 aromatic carbocycles. The SMILES string of the molecule is COC(C(CO)c1ccc(-c2cc(F)c(Cl)c(F)c2)cc1C)C(O)C(O)C(C)C(C)CO. The monoisotopic (exact) mass is 472 g/mol. The van der Waals surface area contributed by atoms with Crippen LogP contribution in [0.1, 0.15) is 30.9 Å². The maximum Gasteiger partial charge on any atom is 0.145 e. The summed E-state index contributed by atoms with van der Waals surface area (Å²) in [5.74, 6) is -3.05. The van der Waals surface area contributed by atoms with Gasteiger partial charge in [-0.3, -0.25) is 0 Å². The van der Waals surface area contributed by atoms with Gasteiger partial charge >= 0.3 is 0 Å². The molecule has 0 amide bonds. The van der Waals surface area contributed by atoms with Crippen LogP contribution in [0.3, 0.4) is 0 Å². The minimum atomic E-state index is -1.32. The predicted molar refractivity (Wildman–Crippen MR) is 120 cm³/mol. The van der Waals surface area contributed by atoms with Gasteiger partial charge in [0.2, 0.25) is 0 Å². The average molecular weight is 473 g/mol. The molecule has 0 fully saturated rings. The molecule has 2 aromatic rings. The van der Waals surface area contributed by atoms with Gasteiger partial charge in [-0.05, 0) is 53.1 Å². The van der Waals surface area contributed by atoms with Gasteiger partial charge in [0.15, 0.2) is 0 Å². The van der Waals surface area contributed by atoms with E-state index in [-0.39, 0.29) is 19.1 Å². The zero-order valence-corrected chi connectivity index (χ0v) is 19.4. The van der Waals surface area contributed by atoms with Crippen LogP contribution in [-0.4, -0.2) is 59.1 Å². The van der Waals surface area contributed by atoms with E-state index in [2.05, 4.69) is 0 Å². The van der Waals surface area contributed by atoms with Crippen LogP contribution >= 0.6 is 11.6 Å². The van der Waals surface area contributed by atoms with Crippen LogP contribution in [0.25, 0.3) is 11.1 Å². The van der Waals surface area contributed by atoms with Crippen LogP contribution in [0.2, 0.25) is 5.02 Å². The highest BCUT2D eigenvalue weighted by Crippen LogP contribution is 2.33. The summed E-state index contributed by atoms with van der Waals surface area (Å²) in [5, 5.41) is 40.3. The van der Waals surface area contributed by atoms with Gasteiger partial charge in [-0.1, -0.05) is 43.6 Å². The van der Waals surface area contributed by atoms with Gasteiger partial charge in [0.25, 0.3) is 0 Å². The molecular formula is C24H31ClF2O5. The Morgan fingerprint density at radius 3 is 2.00 bits per heavy atom. The van der Waals surface area contributed by atoms with Crippen LogP contribution in [-0.2, 0) is 4.74 Å². The van der Waals surface area contributed by atoms with Gasteiger partial charge in [0.05, 0.1) is 18.8 Å². The number of hydrogen-bond acceptors (Lipinski definition) is 5. The van der Waals surface area contributed by atoms with Crippen molar-refractivity contribution in [3.8, 4) is 11.1 Å². The van der Waals surface area contributed by atoms with Gasteiger partial charge in [-0.15, -0.1) is 0 Å². The molecule has 2 rings (SSSR count). The first-order valence-corrected chi connectivity index (χ1v) is 10.8. The largest absolute Gasteiger partial charge is 0.396 e.